The van der Waals surface area contributed by atoms with Crippen LogP contribution in [0.1, 0.15) is 5.01 Å². The molecular formula is C16H15ClN2O2S2. The Labute approximate surface area is 145 Å². The second kappa shape index (κ2) is 7.23. The molecule has 0 unspecified atom stereocenters. The minimum absolute atomic E-state index is 0. The van der Waals surface area contributed by atoms with Crippen molar-refractivity contribution in [1.29, 1.82) is 0 Å². The number of halogens is 1. The lowest BCUT2D eigenvalue weighted by molar-refractivity contribution is 0.598. The van der Waals surface area contributed by atoms with Crippen LogP contribution >= 0.6 is 23.7 Å². The van der Waals surface area contributed by atoms with Crippen molar-refractivity contribution < 1.29 is 8.42 Å². The van der Waals surface area contributed by atoms with E-state index in [1.807, 2.05) is 36.4 Å². The average molecular weight is 367 g/mol. The zero-order valence-corrected chi connectivity index (χ0v) is 14.5. The number of benzene rings is 2. The average Bonchev–Trinajstić information content (AvgIpc) is 3.06. The van der Waals surface area contributed by atoms with Crippen LogP contribution in [0.2, 0.25) is 0 Å². The predicted molar refractivity (Wildman–Crippen MR) is 94.6 cm³/mol. The zero-order chi connectivity index (χ0) is 15.6. The highest BCUT2D eigenvalue weighted by molar-refractivity contribution is 7.93. The maximum absolute atomic E-state index is 12.7. The highest BCUT2D eigenvalue weighted by atomic mass is 35.5. The van der Waals surface area contributed by atoms with Crippen LogP contribution in [0.15, 0.2) is 69.9 Å². The molecule has 0 radical (unpaired) electrons. The minimum Gasteiger partial charge on any atom is -0.325 e. The Kier molecular flexibility index (Phi) is 5.54. The molecule has 1 aromatic heterocycles. The first-order valence-corrected chi connectivity index (χ1v) is 8.96. The second-order valence-corrected chi connectivity index (χ2v) is 7.97. The largest absolute Gasteiger partial charge is 0.325 e. The third-order valence-corrected chi connectivity index (χ3v) is 6.46. The number of nitrogens with two attached hydrogens (primary N) is 1. The quantitative estimate of drug-likeness (QED) is 0.766. The molecule has 0 saturated heterocycles. The van der Waals surface area contributed by atoms with Crippen LogP contribution in [0.3, 0.4) is 0 Å². The molecular weight excluding hydrogens is 352 g/mol. The zero-order valence-electron chi connectivity index (χ0n) is 12.0. The number of nitrogens with zero attached hydrogens (tertiary/aromatic N) is 1. The molecule has 0 atom stereocenters. The SMILES string of the molecule is Cl.NCc1ncc(S(=O)(=O)c2cccc(-c3ccccc3)c2)s1. The van der Waals surface area contributed by atoms with E-state index in [1.54, 1.807) is 18.2 Å². The van der Waals surface area contributed by atoms with E-state index in [0.29, 0.717) is 5.01 Å². The summed E-state index contributed by atoms with van der Waals surface area (Å²) in [7, 11) is -3.56. The number of hydrogen-bond acceptors (Lipinski definition) is 5. The van der Waals surface area contributed by atoms with E-state index in [0.717, 1.165) is 22.5 Å². The first kappa shape index (κ1) is 17.6. The Morgan fingerprint density at radius 2 is 1.70 bits per heavy atom. The van der Waals surface area contributed by atoms with Gasteiger partial charge in [-0.05, 0) is 23.3 Å². The molecule has 0 fully saturated rings. The van der Waals surface area contributed by atoms with Gasteiger partial charge in [0.05, 0.1) is 11.1 Å². The third-order valence-electron chi connectivity index (χ3n) is 3.22. The van der Waals surface area contributed by atoms with E-state index >= 15 is 0 Å². The normalized spacial score (nSPS) is 11.0. The highest BCUT2D eigenvalue weighted by Gasteiger charge is 2.21. The van der Waals surface area contributed by atoms with Gasteiger partial charge in [0.2, 0.25) is 9.84 Å². The van der Waals surface area contributed by atoms with Crippen molar-refractivity contribution in [3.05, 3.63) is 65.8 Å². The van der Waals surface area contributed by atoms with Crippen molar-refractivity contribution in [3.8, 4) is 11.1 Å². The first-order chi connectivity index (χ1) is 10.6. The summed E-state index contributed by atoms with van der Waals surface area (Å²) in [4.78, 5) is 4.29. The lowest BCUT2D eigenvalue weighted by Gasteiger charge is -2.05. The van der Waals surface area contributed by atoms with Crippen LogP contribution in [0.25, 0.3) is 11.1 Å². The Morgan fingerprint density at radius 1 is 1.00 bits per heavy atom. The fourth-order valence-corrected chi connectivity index (χ4v) is 4.61. The maximum Gasteiger partial charge on any atom is 0.217 e. The molecule has 1 heterocycles. The van der Waals surface area contributed by atoms with Crippen molar-refractivity contribution in [3.63, 3.8) is 0 Å². The van der Waals surface area contributed by atoms with E-state index in [1.165, 1.54) is 6.20 Å². The summed E-state index contributed by atoms with van der Waals surface area (Å²) in [6, 6.07) is 16.6. The summed E-state index contributed by atoms with van der Waals surface area (Å²) in [5.74, 6) is 0. The van der Waals surface area contributed by atoms with Crippen molar-refractivity contribution in [2.45, 2.75) is 15.6 Å². The van der Waals surface area contributed by atoms with Crippen LogP contribution in [0.4, 0.5) is 0 Å². The van der Waals surface area contributed by atoms with Crippen LogP contribution in [-0.4, -0.2) is 13.4 Å². The van der Waals surface area contributed by atoms with Crippen LogP contribution in [-0.2, 0) is 16.4 Å². The van der Waals surface area contributed by atoms with Gasteiger partial charge in [0.25, 0.3) is 0 Å². The van der Waals surface area contributed by atoms with E-state index in [-0.39, 0.29) is 28.1 Å². The Hall–Kier alpha value is -1.73. The molecule has 0 bridgehead atoms. The van der Waals surface area contributed by atoms with Gasteiger partial charge in [-0.15, -0.1) is 23.7 Å². The number of hydrogen-bond donors (Lipinski definition) is 1. The maximum atomic E-state index is 12.7. The molecule has 0 amide bonds. The first-order valence-electron chi connectivity index (χ1n) is 6.66. The number of rotatable bonds is 4. The molecule has 120 valence electrons. The van der Waals surface area contributed by atoms with Crippen LogP contribution in [0, 0.1) is 0 Å². The molecule has 0 saturated carbocycles. The number of sulfone groups is 1. The molecule has 3 aromatic rings. The summed E-state index contributed by atoms with van der Waals surface area (Å²) >= 11 is 1.11. The van der Waals surface area contributed by atoms with Gasteiger partial charge >= 0.3 is 0 Å². The number of aromatic nitrogens is 1. The topological polar surface area (TPSA) is 73.0 Å². The van der Waals surface area contributed by atoms with Crippen LogP contribution in [0.5, 0.6) is 0 Å². The third kappa shape index (κ3) is 3.61. The molecule has 0 spiro atoms. The fourth-order valence-electron chi connectivity index (χ4n) is 2.10. The Balaban J connectivity index is 0.00000192. The summed E-state index contributed by atoms with van der Waals surface area (Å²) < 4.78 is 25.6. The molecule has 7 heteroatoms. The van der Waals surface area contributed by atoms with E-state index in [9.17, 15) is 8.42 Å². The fraction of sp³-hybridized carbons (Fsp3) is 0.0625. The van der Waals surface area contributed by atoms with E-state index < -0.39 is 9.84 Å². The Bertz CT molecular complexity index is 893. The predicted octanol–water partition coefficient (Wildman–Crippen LogP) is 3.52. The molecule has 0 aliphatic heterocycles. The van der Waals surface area contributed by atoms with Gasteiger partial charge in [-0.2, -0.15) is 0 Å². The molecule has 2 aromatic carbocycles. The summed E-state index contributed by atoms with van der Waals surface area (Å²) in [5, 5.41) is 0.609. The van der Waals surface area contributed by atoms with Crippen molar-refractivity contribution in [2.24, 2.45) is 5.73 Å². The van der Waals surface area contributed by atoms with Gasteiger partial charge in [-0.3, -0.25) is 0 Å². The smallest absolute Gasteiger partial charge is 0.217 e. The molecule has 4 nitrogen and oxygen atoms in total. The van der Waals surface area contributed by atoms with Crippen molar-refractivity contribution in [1.82, 2.24) is 4.98 Å². The lowest BCUT2D eigenvalue weighted by Crippen LogP contribution is -1.99. The van der Waals surface area contributed by atoms with Gasteiger partial charge in [0, 0.05) is 6.54 Å². The van der Waals surface area contributed by atoms with E-state index in [2.05, 4.69) is 4.98 Å². The summed E-state index contributed by atoms with van der Waals surface area (Å²) in [6.07, 6.45) is 1.37. The van der Waals surface area contributed by atoms with Crippen molar-refractivity contribution in [2.75, 3.05) is 0 Å². The molecule has 0 aliphatic carbocycles. The van der Waals surface area contributed by atoms with Gasteiger partial charge in [-0.25, -0.2) is 13.4 Å². The molecule has 3 rings (SSSR count). The lowest BCUT2D eigenvalue weighted by atomic mass is 10.1. The summed E-state index contributed by atoms with van der Waals surface area (Å²) in [5.41, 5.74) is 7.34. The van der Waals surface area contributed by atoms with E-state index in [4.69, 9.17) is 5.73 Å². The highest BCUT2D eigenvalue weighted by Crippen LogP contribution is 2.29. The van der Waals surface area contributed by atoms with Crippen LogP contribution < -0.4 is 5.73 Å². The standard InChI is InChI=1S/C16H14N2O2S2.ClH/c17-10-15-18-11-16(21-15)22(19,20)14-8-4-7-13(9-14)12-5-2-1-3-6-12;/h1-9,11H,10,17H2;1H. The molecule has 0 aliphatic rings. The monoisotopic (exact) mass is 366 g/mol. The molecule has 23 heavy (non-hydrogen) atoms. The van der Waals surface area contributed by atoms with Gasteiger partial charge in [0.15, 0.2) is 0 Å². The van der Waals surface area contributed by atoms with Gasteiger partial charge < -0.3 is 5.73 Å². The van der Waals surface area contributed by atoms with Gasteiger partial charge in [-0.1, -0.05) is 42.5 Å². The van der Waals surface area contributed by atoms with Crippen molar-refractivity contribution >= 4 is 33.6 Å². The summed E-state index contributed by atoms with van der Waals surface area (Å²) in [6.45, 7) is 0.240. The number of thiazole rings is 1. The minimum atomic E-state index is -3.56. The second-order valence-electron chi connectivity index (χ2n) is 4.67. The Morgan fingerprint density at radius 3 is 2.35 bits per heavy atom. The molecule has 2 N–H and O–H groups in total. The van der Waals surface area contributed by atoms with Gasteiger partial charge in [0.1, 0.15) is 9.22 Å².